The van der Waals surface area contributed by atoms with Gasteiger partial charge in [0.15, 0.2) is 0 Å². The summed E-state index contributed by atoms with van der Waals surface area (Å²) in [5.41, 5.74) is 8.23. The number of nitrogens with zero attached hydrogens (tertiary/aromatic N) is 2. The van der Waals surface area contributed by atoms with Crippen LogP contribution in [-0.2, 0) is 18.3 Å². The summed E-state index contributed by atoms with van der Waals surface area (Å²) in [7, 11) is 3.38. The molecule has 0 spiro atoms. The second kappa shape index (κ2) is 5.27. The van der Waals surface area contributed by atoms with E-state index in [1.165, 1.54) is 7.11 Å². The maximum Gasteiger partial charge on any atom is 0.342 e. The number of hydrogen-bond donors (Lipinski definition) is 1. The Morgan fingerprint density at radius 3 is 2.79 bits per heavy atom. The molecule has 0 aliphatic heterocycles. The molecule has 2 heterocycles. The Kier molecular flexibility index (Phi) is 3.71. The molecule has 0 aliphatic rings. The summed E-state index contributed by atoms with van der Waals surface area (Å²) >= 11 is 0. The molecule has 0 aliphatic carbocycles. The number of aryl methyl sites for hydroxylation is 1. The van der Waals surface area contributed by atoms with Crippen LogP contribution in [0.25, 0.3) is 11.0 Å². The fraction of sp³-hybridized carbons (Fsp3) is 0.385. The third-order valence-corrected chi connectivity index (χ3v) is 3.02. The first kappa shape index (κ1) is 13.4. The smallest absolute Gasteiger partial charge is 0.342 e. The number of carbonyl (C=O) groups is 1. The fourth-order valence-corrected chi connectivity index (χ4v) is 2.11. The number of ether oxygens (including phenoxy) is 2. The van der Waals surface area contributed by atoms with E-state index in [0.717, 1.165) is 5.52 Å². The highest BCUT2D eigenvalue weighted by Crippen LogP contribution is 2.26. The van der Waals surface area contributed by atoms with Gasteiger partial charge in [0, 0.05) is 25.4 Å². The third-order valence-electron chi connectivity index (χ3n) is 3.02. The van der Waals surface area contributed by atoms with Gasteiger partial charge >= 0.3 is 5.97 Å². The van der Waals surface area contributed by atoms with Crippen LogP contribution < -0.4 is 10.5 Å². The SMILES string of the molecule is CCOC(=O)c1c(CN)n(C)c2ccc(OC)nc12. The van der Waals surface area contributed by atoms with E-state index in [-0.39, 0.29) is 6.54 Å². The van der Waals surface area contributed by atoms with E-state index in [1.54, 1.807) is 13.0 Å². The molecule has 2 rings (SSSR count). The van der Waals surface area contributed by atoms with Crippen molar-refractivity contribution < 1.29 is 14.3 Å². The Balaban J connectivity index is 2.73. The zero-order valence-electron chi connectivity index (χ0n) is 11.3. The molecule has 19 heavy (non-hydrogen) atoms. The van der Waals surface area contributed by atoms with Crippen molar-refractivity contribution in [2.45, 2.75) is 13.5 Å². The van der Waals surface area contributed by atoms with Gasteiger partial charge < -0.3 is 19.8 Å². The first-order chi connectivity index (χ1) is 9.13. The van der Waals surface area contributed by atoms with Crippen LogP contribution in [0.15, 0.2) is 12.1 Å². The van der Waals surface area contributed by atoms with Crippen LogP contribution in [0, 0.1) is 0 Å². The average Bonchev–Trinajstić information content (AvgIpc) is 2.71. The van der Waals surface area contributed by atoms with Crippen molar-refractivity contribution in [1.82, 2.24) is 9.55 Å². The maximum atomic E-state index is 12.1. The number of carbonyl (C=O) groups excluding carboxylic acids is 1. The molecule has 6 heteroatoms. The largest absolute Gasteiger partial charge is 0.481 e. The van der Waals surface area contributed by atoms with Gasteiger partial charge in [-0.3, -0.25) is 0 Å². The van der Waals surface area contributed by atoms with Gasteiger partial charge in [0.05, 0.1) is 19.2 Å². The Labute approximate surface area is 111 Å². The minimum Gasteiger partial charge on any atom is -0.481 e. The van der Waals surface area contributed by atoms with Crippen molar-refractivity contribution in [1.29, 1.82) is 0 Å². The average molecular weight is 263 g/mol. The zero-order chi connectivity index (χ0) is 14.0. The highest BCUT2D eigenvalue weighted by Gasteiger charge is 2.22. The van der Waals surface area contributed by atoms with Gasteiger partial charge in [-0.1, -0.05) is 0 Å². The quantitative estimate of drug-likeness (QED) is 0.839. The molecule has 2 aromatic rings. The molecular formula is C13H17N3O3. The highest BCUT2D eigenvalue weighted by atomic mass is 16.5. The van der Waals surface area contributed by atoms with E-state index in [4.69, 9.17) is 15.2 Å². The summed E-state index contributed by atoms with van der Waals surface area (Å²) in [6.07, 6.45) is 0. The number of hydrogen-bond acceptors (Lipinski definition) is 5. The molecule has 6 nitrogen and oxygen atoms in total. The van der Waals surface area contributed by atoms with Crippen LogP contribution in [0.1, 0.15) is 23.0 Å². The molecule has 0 saturated heterocycles. The fourth-order valence-electron chi connectivity index (χ4n) is 2.11. The van der Waals surface area contributed by atoms with E-state index in [2.05, 4.69) is 4.98 Å². The van der Waals surface area contributed by atoms with E-state index in [0.29, 0.717) is 29.3 Å². The van der Waals surface area contributed by atoms with Gasteiger partial charge in [-0.25, -0.2) is 9.78 Å². The number of nitrogens with two attached hydrogens (primary N) is 1. The number of rotatable bonds is 4. The number of fused-ring (bicyclic) bond motifs is 1. The molecule has 0 saturated carbocycles. The van der Waals surface area contributed by atoms with Crippen LogP contribution >= 0.6 is 0 Å². The van der Waals surface area contributed by atoms with Gasteiger partial charge in [-0.15, -0.1) is 0 Å². The van der Waals surface area contributed by atoms with Crippen LogP contribution in [-0.4, -0.2) is 29.2 Å². The van der Waals surface area contributed by atoms with Gasteiger partial charge in [0.2, 0.25) is 5.88 Å². The molecule has 0 amide bonds. The first-order valence-electron chi connectivity index (χ1n) is 6.03. The predicted octanol–water partition coefficient (Wildman–Crippen LogP) is 1.22. The Morgan fingerprint density at radius 1 is 1.47 bits per heavy atom. The summed E-state index contributed by atoms with van der Waals surface area (Å²) in [6, 6.07) is 3.60. The predicted molar refractivity (Wildman–Crippen MR) is 71.1 cm³/mol. The minimum absolute atomic E-state index is 0.239. The van der Waals surface area contributed by atoms with E-state index < -0.39 is 5.97 Å². The zero-order valence-corrected chi connectivity index (χ0v) is 11.3. The topological polar surface area (TPSA) is 79.4 Å². The monoisotopic (exact) mass is 263 g/mol. The van der Waals surface area contributed by atoms with Gasteiger partial charge in [0.1, 0.15) is 11.1 Å². The summed E-state index contributed by atoms with van der Waals surface area (Å²) in [5.74, 6) is 0.0431. The summed E-state index contributed by atoms with van der Waals surface area (Å²) in [5, 5.41) is 0. The summed E-state index contributed by atoms with van der Waals surface area (Å²) in [4.78, 5) is 16.4. The van der Waals surface area contributed by atoms with Gasteiger partial charge in [-0.05, 0) is 13.0 Å². The standard InChI is InChI=1S/C13H17N3O3/c1-4-19-13(17)11-9(7-14)16(2)8-5-6-10(18-3)15-12(8)11/h5-6H,4,7,14H2,1-3H3. The van der Waals surface area contributed by atoms with Crippen molar-refractivity contribution in [3.8, 4) is 5.88 Å². The summed E-state index contributed by atoms with van der Waals surface area (Å²) < 4.78 is 12.0. The van der Waals surface area contributed by atoms with Crippen LogP contribution in [0.4, 0.5) is 0 Å². The minimum atomic E-state index is -0.408. The normalized spacial score (nSPS) is 10.7. The molecule has 2 aromatic heterocycles. The lowest BCUT2D eigenvalue weighted by Crippen LogP contribution is -2.12. The molecular weight excluding hydrogens is 246 g/mol. The van der Waals surface area contributed by atoms with E-state index >= 15 is 0 Å². The van der Waals surface area contributed by atoms with Crippen LogP contribution in [0.3, 0.4) is 0 Å². The molecule has 2 N–H and O–H groups in total. The Morgan fingerprint density at radius 2 is 2.21 bits per heavy atom. The molecule has 0 bridgehead atoms. The second-order valence-corrected chi connectivity index (χ2v) is 4.03. The lowest BCUT2D eigenvalue weighted by atomic mass is 10.2. The molecule has 0 unspecified atom stereocenters. The lowest BCUT2D eigenvalue weighted by Gasteiger charge is -2.04. The van der Waals surface area contributed by atoms with Crippen molar-refractivity contribution >= 4 is 17.0 Å². The second-order valence-electron chi connectivity index (χ2n) is 4.03. The Bertz CT molecular complexity index is 619. The van der Waals surface area contributed by atoms with E-state index in [9.17, 15) is 4.79 Å². The molecule has 0 radical (unpaired) electrons. The molecule has 0 aromatic carbocycles. The molecule has 102 valence electrons. The molecule has 0 atom stereocenters. The van der Waals surface area contributed by atoms with Crippen molar-refractivity contribution in [2.75, 3.05) is 13.7 Å². The Hall–Kier alpha value is -2.08. The number of methoxy groups -OCH3 is 1. The van der Waals surface area contributed by atoms with Gasteiger partial charge in [0.25, 0.3) is 0 Å². The molecule has 0 fully saturated rings. The third kappa shape index (κ3) is 2.15. The van der Waals surface area contributed by atoms with Crippen molar-refractivity contribution in [3.63, 3.8) is 0 Å². The number of pyridine rings is 1. The van der Waals surface area contributed by atoms with E-state index in [1.807, 2.05) is 17.7 Å². The van der Waals surface area contributed by atoms with Crippen molar-refractivity contribution in [3.05, 3.63) is 23.4 Å². The first-order valence-corrected chi connectivity index (χ1v) is 6.03. The number of esters is 1. The lowest BCUT2D eigenvalue weighted by molar-refractivity contribution is 0.0527. The number of aromatic nitrogens is 2. The van der Waals surface area contributed by atoms with Crippen LogP contribution in [0.5, 0.6) is 5.88 Å². The van der Waals surface area contributed by atoms with Crippen LogP contribution in [0.2, 0.25) is 0 Å². The highest BCUT2D eigenvalue weighted by molar-refractivity contribution is 6.04. The summed E-state index contributed by atoms with van der Waals surface area (Å²) in [6.45, 7) is 2.31. The van der Waals surface area contributed by atoms with Gasteiger partial charge in [-0.2, -0.15) is 0 Å². The maximum absolute atomic E-state index is 12.1. The van der Waals surface area contributed by atoms with Crippen molar-refractivity contribution in [2.24, 2.45) is 12.8 Å².